The monoisotopic (exact) mass is 476 g/mol. The molecule has 0 rings (SSSR count). The Balaban J connectivity index is -0.0000000213. The normalized spacial score (nSPS) is 3.69. The quantitative estimate of drug-likeness (QED) is 0.316. The largest absolute Gasteiger partial charge is 4.00 e. The van der Waals surface area contributed by atoms with E-state index in [0.717, 1.165) is 0 Å². The van der Waals surface area contributed by atoms with Crippen LogP contribution in [0.5, 0.6) is 0 Å². The summed E-state index contributed by atoms with van der Waals surface area (Å²) in [5.41, 5.74) is 0. The van der Waals surface area contributed by atoms with E-state index in [-0.39, 0.29) is 21.7 Å². The molecule has 0 unspecified atom stereocenters. The summed E-state index contributed by atoms with van der Waals surface area (Å²) in [7, 11) is 0. The van der Waals surface area contributed by atoms with E-state index in [1.54, 1.807) is 0 Å². The van der Waals surface area contributed by atoms with Crippen molar-refractivity contribution >= 4 is 62.8 Å². The zero-order valence-corrected chi connectivity index (χ0v) is 17.3. The minimum Gasteiger partial charge on any atom is 4.00 e. The zero-order chi connectivity index (χ0) is 10.8. The first-order valence-corrected chi connectivity index (χ1v) is 9.80. The van der Waals surface area contributed by atoms with E-state index in [9.17, 15) is 0 Å². The Labute approximate surface area is 115 Å². The van der Waals surface area contributed by atoms with Crippen molar-refractivity contribution in [3.05, 3.63) is 0 Å². The smallest absolute Gasteiger partial charge is 4.00 e. The van der Waals surface area contributed by atoms with Crippen molar-refractivity contribution in [3.8, 4) is 0 Å². The van der Waals surface area contributed by atoms with Crippen LogP contribution in [0.15, 0.2) is 0 Å². The van der Waals surface area contributed by atoms with Crippen molar-refractivity contribution in [2.75, 3.05) is 0 Å². The van der Waals surface area contributed by atoms with E-state index in [4.69, 9.17) is 31.6 Å². The van der Waals surface area contributed by atoms with Crippen molar-refractivity contribution in [2.24, 2.45) is 0 Å². The SMILES string of the molecule is [O]=[GeH][O-].[O]=[GeH][O-].[O]=[GeH][O-].[O]=[GeH][O-].[Ti+4]. The van der Waals surface area contributed by atoms with Gasteiger partial charge in [0.1, 0.15) is 0 Å². The van der Waals surface area contributed by atoms with Crippen molar-refractivity contribution in [1.29, 1.82) is 0 Å². The average molecular weight is 470 g/mol. The molecule has 0 saturated carbocycles. The standard InChI is InChI=1S/4GeHO2.Ti/c4*2-1-3;/h4*1H;/q4*-1;+4. The molecule has 0 heterocycles. The van der Waals surface area contributed by atoms with Crippen LogP contribution in [0, 0.1) is 0 Å². The number of rotatable bonds is 0. The summed E-state index contributed by atoms with van der Waals surface area (Å²) >= 11 is -8.75. The molecule has 0 aromatic rings. The third-order valence-corrected chi connectivity index (χ3v) is 0. The Morgan fingerprint density at radius 3 is 0.538 bits per heavy atom. The van der Waals surface area contributed by atoms with E-state index in [2.05, 4.69) is 0 Å². The van der Waals surface area contributed by atoms with E-state index in [0.29, 0.717) is 0 Å². The van der Waals surface area contributed by atoms with Gasteiger partial charge >= 0.3 is 116 Å². The van der Waals surface area contributed by atoms with Crippen LogP contribution >= 0.6 is 0 Å². The maximum Gasteiger partial charge on any atom is 4.00 e. The Morgan fingerprint density at radius 2 is 0.538 bits per heavy atom. The molecule has 0 aliphatic rings. The van der Waals surface area contributed by atoms with Gasteiger partial charge < -0.3 is 0 Å². The predicted molar refractivity (Wildman–Crippen MR) is 31.3 cm³/mol. The van der Waals surface area contributed by atoms with Crippen LogP contribution in [0.1, 0.15) is 0 Å². The van der Waals surface area contributed by atoms with Crippen LogP contribution in [0.25, 0.3) is 0 Å². The fourth-order valence-electron chi connectivity index (χ4n) is 0. The maximum absolute atomic E-state index is 8.53. The molecule has 0 aromatic carbocycles. The molecule has 0 atom stereocenters. The van der Waals surface area contributed by atoms with Crippen molar-refractivity contribution in [2.45, 2.75) is 0 Å². The molecular formula is H4Ge4O8Ti. The summed E-state index contributed by atoms with van der Waals surface area (Å²) < 4.78 is 68.2. The topological polar surface area (TPSA) is 161 Å². The second-order valence-electron chi connectivity index (χ2n) is 0.385. The van der Waals surface area contributed by atoms with Gasteiger partial charge in [-0.3, -0.25) is 0 Å². The molecule has 0 fully saturated rings. The summed E-state index contributed by atoms with van der Waals surface area (Å²) in [4.78, 5) is 0. The third-order valence-electron chi connectivity index (χ3n) is 0. The summed E-state index contributed by atoms with van der Waals surface area (Å²) in [6, 6.07) is 0. The van der Waals surface area contributed by atoms with Crippen LogP contribution in [-0.2, 0) is 36.8 Å². The summed E-state index contributed by atoms with van der Waals surface area (Å²) in [5.74, 6) is 0. The van der Waals surface area contributed by atoms with Crippen molar-refractivity contribution < 1.29 is 53.4 Å². The maximum atomic E-state index is 8.53. The van der Waals surface area contributed by atoms with Gasteiger partial charge in [-0.1, -0.05) is 0 Å². The van der Waals surface area contributed by atoms with E-state index >= 15 is 0 Å². The van der Waals surface area contributed by atoms with Crippen LogP contribution in [0.2, 0.25) is 0 Å². The van der Waals surface area contributed by atoms with Gasteiger partial charge in [0.2, 0.25) is 0 Å². The van der Waals surface area contributed by atoms with Crippen LogP contribution in [0.3, 0.4) is 0 Å². The molecule has 0 aliphatic heterocycles. The van der Waals surface area contributed by atoms with Gasteiger partial charge in [0, 0.05) is 0 Å². The Morgan fingerprint density at radius 1 is 0.538 bits per heavy atom. The molecule has 13 heteroatoms. The minimum absolute atomic E-state index is 0. The Hall–Kier alpha value is 1.29. The molecular weight excluding hydrogens is 466 g/mol. The van der Waals surface area contributed by atoms with E-state index < -0.39 is 62.8 Å². The zero-order valence-electron chi connectivity index (χ0n) is 6.08. The molecule has 13 heavy (non-hydrogen) atoms. The van der Waals surface area contributed by atoms with Gasteiger partial charge in [-0.25, -0.2) is 0 Å². The molecule has 8 nitrogen and oxygen atoms in total. The number of hydrogen-bond acceptors (Lipinski definition) is 8. The van der Waals surface area contributed by atoms with Gasteiger partial charge in [0.25, 0.3) is 0 Å². The molecule has 0 spiro atoms. The first-order valence-electron chi connectivity index (χ1n) is 1.89. The molecule has 0 amide bonds. The van der Waals surface area contributed by atoms with Gasteiger partial charge in [0.05, 0.1) is 0 Å². The molecule has 0 aliphatic carbocycles. The second kappa shape index (κ2) is 71.8. The fraction of sp³-hybridized carbons (Fsp3) is 0. The van der Waals surface area contributed by atoms with Crippen LogP contribution in [-0.4, -0.2) is 62.8 Å². The van der Waals surface area contributed by atoms with Crippen molar-refractivity contribution in [1.82, 2.24) is 0 Å². The first kappa shape index (κ1) is 29.2. The minimum atomic E-state index is -2.19. The molecule has 0 N–H and O–H groups in total. The van der Waals surface area contributed by atoms with Gasteiger partial charge in [-0.15, -0.1) is 0 Å². The summed E-state index contributed by atoms with van der Waals surface area (Å²) in [6.45, 7) is 0. The van der Waals surface area contributed by atoms with Crippen LogP contribution in [0.4, 0.5) is 0 Å². The summed E-state index contributed by atoms with van der Waals surface area (Å²) in [6.07, 6.45) is 0. The molecule has 0 saturated heterocycles. The van der Waals surface area contributed by atoms with Crippen molar-refractivity contribution in [3.63, 3.8) is 0 Å². The van der Waals surface area contributed by atoms with E-state index in [1.165, 1.54) is 0 Å². The molecule has 0 bridgehead atoms. The summed E-state index contributed by atoms with van der Waals surface area (Å²) in [5, 5.41) is 0. The Bertz CT molecular complexity index is 70.1. The van der Waals surface area contributed by atoms with Gasteiger partial charge in [-0.05, 0) is 0 Å². The molecule has 0 radical (unpaired) electrons. The molecule has 0 aromatic heterocycles. The second-order valence-corrected chi connectivity index (χ2v) is 2.00. The van der Waals surface area contributed by atoms with Gasteiger partial charge in [0.15, 0.2) is 0 Å². The first-order chi connectivity index (χ1) is 5.66. The average Bonchev–Trinajstić information content (AvgIpc) is 1.92. The predicted octanol–water partition coefficient (Wildman–Crippen LogP) is -7.83. The van der Waals surface area contributed by atoms with Crippen LogP contribution < -0.4 is 16.5 Å². The third kappa shape index (κ3) is 1020. The number of hydrogen-bond donors (Lipinski definition) is 0. The fourth-order valence-corrected chi connectivity index (χ4v) is 0. The Kier molecular flexibility index (Phi) is 161. The van der Waals surface area contributed by atoms with Gasteiger partial charge in [-0.2, -0.15) is 0 Å². The van der Waals surface area contributed by atoms with E-state index in [1.807, 2.05) is 0 Å². The molecule has 72 valence electrons.